The molecule has 94 valence electrons. The lowest BCUT2D eigenvalue weighted by Crippen LogP contribution is -1.94. The van der Waals surface area contributed by atoms with Gasteiger partial charge in [0.2, 0.25) is 5.88 Å². The highest BCUT2D eigenvalue weighted by Gasteiger charge is 2.03. The molecule has 0 unspecified atom stereocenters. The lowest BCUT2D eigenvalue weighted by molar-refractivity contribution is 0.198. The predicted octanol–water partition coefficient (Wildman–Crippen LogP) is 3.54. The van der Waals surface area contributed by atoms with Crippen molar-refractivity contribution in [2.75, 3.05) is 0 Å². The summed E-state index contributed by atoms with van der Waals surface area (Å²) in [5.74, 6) is 1.31. The van der Waals surface area contributed by atoms with Crippen LogP contribution in [0, 0.1) is 13.8 Å². The lowest BCUT2D eigenvalue weighted by Gasteiger charge is -2.08. The van der Waals surface area contributed by atoms with Crippen molar-refractivity contribution >= 4 is 0 Å². The Labute approximate surface area is 107 Å². The number of pyridine rings is 1. The summed E-state index contributed by atoms with van der Waals surface area (Å²) < 4.78 is 5.68. The van der Waals surface area contributed by atoms with Crippen LogP contribution < -0.4 is 4.74 Å². The van der Waals surface area contributed by atoms with Crippen molar-refractivity contribution in [3.8, 4) is 11.6 Å². The van der Waals surface area contributed by atoms with E-state index in [9.17, 15) is 5.11 Å². The second-order valence-corrected chi connectivity index (χ2v) is 4.53. The second-order valence-electron chi connectivity index (χ2n) is 4.53. The van der Waals surface area contributed by atoms with Gasteiger partial charge >= 0.3 is 0 Å². The van der Waals surface area contributed by atoms with Gasteiger partial charge in [0.15, 0.2) is 0 Å². The van der Waals surface area contributed by atoms with Crippen LogP contribution in [0.1, 0.15) is 29.7 Å². The lowest BCUT2D eigenvalue weighted by atomic mass is 10.1. The summed E-state index contributed by atoms with van der Waals surface area (Å²) in [4.78, 5) is 4.17. The fourth-order valence-corrected chi connectivity index (χ4v) is 1.81. The van der Waals surface area contributed by atoms with E-state index >= 15 is 0 Å². The van der Waals surface area contributed by atoms with E-state index in [1.54, 1.807) is 19.2 Å². The summed E-state index contributed by atoms with van der Waals surface area (Å²) in [6.45, 7) is 5.77. The Morgan fingerprint density at radius 2 is 1.78 bits per heavy atom. The summed E-state index contributed by atoms with van der Waals surface area (Å²) >= 11 is 0. The quantitative estimate of drug-likeness (QED) is 0.896. The maximum Gasteiger partial charge on any atom is 0.219 e. The van der Waals surface area contributed by atoms with Crippen LogP contribution in [0.3, 0.4) is 0 Å². The highest BCUT2D eigenvalue weighted by Crippen LogP contribution is 2.23. The highest BCUT2D eigenvalue weighted by atomic mass is 16.5. The molecule has 0 saturated carbocycles. The zero-order chi connectivity index (χ0) is 13.1. The summed E-state index contributed by atoms with van der Waals surface area (Å²) in [5.41, 5.74) is 3.10. The van der Waals surface area contributed by atoms with Crippen LogP contribution >= 0.6 is 0 Å². The molecule has 0 radical (unpaired) electrons. The average Bonchev–Trinajstić information content (AvgIpc) is 2.28. The molecule has 1 atom stereocenters. The van der Waals surface area contributed by atoms with Crippen LogP contribution in [-0.4, -0.2) is 10.1 Å². The molecular formula is C15H17NO2. The number of aliphatic hydroxyl groups is 1. The average molecular weight is 243 g/mol. The molecule has 0 fully saturated rings. The molecule has 2 rings (SSSR count). The van der Waals surface area contributed by atoms with E-state index in [1.165, 1.54) is 0 Å². The Bertz CT molecular complexity index is 512. The van der Waals surface area contributed by atoms with Crippen molar-refractivity contribution in [1.82, 2.24) is 4.98 Å². The minimum absolute atomic E-state index is 0.507. The highest BCUT2D eigenvalue weighted by molar-refractivity contribution is 5.35. The van der Waals surface area contributed by atoms with E-state index in [2.05, 4.69) is 11.1 Å². The maximum atomic E-state index is 9.40. The molecule has 0 amide bonds. The summed E-state index contributed by atoms with van der Waals surface area (Å²) in [6, 6.07) is 9.61. The summed E-state index contributed by atoms with van der Waals surface area (Å²) in [6.07, 6.45) is 1.12. The van der Waals surface area contributed by atoms with Gasteiger partial charge in [-0.2, -0.15) is 0 Å². The molecule has 18 heavy (non-hydrogen) atoms. The number of aromatic nitrogens is 1. The molecule has 1 N–H and O–H groups in total. The normalized spacial score (nSPS) is 12.2. The molecule has 0 aliphatic heterocycles. The fourth-order valence-electron chi connectivity index (χ4n) is 1.81. The number of hydrogen-bond donors (Lipinski definition) is 1. The van der Waals surface area contributed by atoms with Gasteiger partial charge in [-0.3, -0.25) is 0 Å². The van der Waals surface area contributed by atoms with Crippen LogP contribution in [0.2, 0.25) is 0 Å². The van der Waals surface area contributed by atoms with E-state index in [4.69, 9.17) is 4.74 Å². The van der Waals surface area contributed by atoms with Gasteiger partial charge in [0.05, 0.1) is 6.10 Å². The van der Waals surface area contributed by atoms with E-state index in [-0.39, 0.29) is 0 Å². The Morgan fingerprint density at radius 1 is 1.11 bits per heavy atom. The Morgan fingerprint density at radius 3 is 2.28 bits per heavy atom. The third-order valence-corrected chi connectivity index (χ3v) is 2.66. The van der Waals surface area contributed by atoms with Crippen LogP contribution in [0.25, 0.3) is 0 Å². The number of aryl methyl sites for hydroxylation is 2. The van der Waals surface area contributed by atoms with Crippen molar-refractivity contribution in [3.05, 3.63) is 53.2 Å². The maximum absolute atomic E-state index is 9.40. The molecule has 1 aromatic carbocycles. The predicted molar refractivity (Wildman–Crippen MR) is 70.9 cm³/mol. The fraction of sp³-hybridized carbons (Fsp3) is 0.267. The van der Waals surface area contributed by atoms with Crippen molar-refractivity contribution in [2.24, 2.45) is 0 Å². The molecule has 2 aromatic rings. The monoisotopic (exact) mass is 243 g/mol. The summed E-state index contributed by atoms with van der Waals surface area (Å²) in [5, 5.41) is 9.40. The number of ether oxygens (including phenoxy) is 1. The first-order valence-corrected chi connectivity index (χ1v) is 5.95. The van der Waals surface area contributed by atoms with E-state index in [1.807, 2.05) is 32.0 Å². The topological polar surface area (TPSA) is 42.4 Å². The molecule has 3 nitrogen and oxygen atoms in total. The smallest absolute Gasteiger partial charge is 0.219 e. The SMILES string of the molecule is Cc1cc(C)cc(Oc2ccc([C@@H](C)O)cn2)c1. The van der Waals surface area contributed by atoms with Crippen molar-refractivity contribution in [2.45, 2.75) is 26.9 Å². The molecule has 1 heterocycles. The first-order valence-electron chi connectivity index (χ1n) is 5.95. The molecule has 0 spiro atoms. The minimum atomic E-state index is -0.507. The van der Waals surface area contributed by atoms with Crippen LogP contribution in [-0.2, 0) is 0 Å². The number of rotatable bonds is 3. The zero-order valence-electron chi connectivity index (χ0n) is 10.8. The first kappa shape index (κ1) is 12.6. The Balaban J connectivity index is 2.18. The first-order chi connectivity index (χ1) is 8.54. The molecular weight excluding hydrogens is 226 g/mol. The number of benzene rings is 1. The van der Waals surface area contributed by atoms with Gasteiger partial charge in [-0.1, -0.05) is 6.07 Å². The van der Waals surface area contributed by atoms with Gasteiger partial charge in [0, 0.05) is 12.3 Å². The van der Waals surface area contributed by atoms with Gasteiger partial charge < -0.3 is 9.84 Å². The zero-order valence-corrected chi connectivity index (χ0v) is 10.8. The number of hydrogen-bond acceptors (Lipinski definition) is 3. The van der Waals surface area contributed by atoms with E-state index in [0.717, 1.165) is 22.4 Å². The van der Waals surface area contributed by atoms with Crippen LogP contribution in [0.15, 0.2) is 36.5 Å². The van der Waals surface area contributed by atoms with Gasteiger partial charge in [0.25, 0.3) is 0 Å². The molecule has 0 aliphatic carbocycles. The van der Waals surface area contributed by atoms with Gasteiger partial charge in [-0.25, -0.2) is 4.98 Å². The molecule has 0 bridgehead atoms. The third-order valence-electron chi connectivity index (χ3n) is 2.66. The van der Waals surface area contributed by atoms with Gasteiger partial charge in [-0.05, 0) is 55.7 Å². The third kappa shape index (κ3) is 3.08. The second kappa shape index (κ2) is 5.19. The van der Waals surface area contributed by atoms with Gasteiger partial charge in [0.1, 0.15) is 5.75 Å². The van der Waals surface area contributed by atoms with E-state index in [0.29, 0.717) is 5.88 Å². The largest absolute Gasteiger partial charge is 0.439 e. The van der Waals surface area contributed by atoms with Crippen LogP contribution in [0.4, 0.5) is 0 Å². The number of nitrogens with zero attached hydrogens (tertiary/aromatic N) is 1. The number of aliphatic hydroxyl groups excluding tert-OH is 1. The molecule has 0 aliphatic rings. The molecule has 0 saturated heterocycles. The Kier molecular flexibility index (Phi) is 3.63. The van der Waals surface area contributed by atoms with Crippen molar-refractivity contribution in [1.29, 1.82) is 0 Å². The van der Waals surface area contributed by atoms with E-state index < -0.39 is 6.10 Å². The molecule has 1 aromatic heterocycles. The standard InChI is InChI=1S/C15H17NO2/c1-10-6-11(2)8-14(7-10)18-15-5-4-13(9-16-15)12(3)17/h4-9,12,17H,1-3H3/t12-/m1/s1. The summed E-state index contributed by atoms with van der Waals surface area (Å²) in [7, 11) is 0. The molecule has 3 heteroatoms. The minimum Gasteiger partial charge on any atom is -0.439 e. The van der Waals surface area contributed by atoms with Crippen molar-refractivity contribution in [3.63, 3.8) is 0 Å². The van der Waals surface area contributed by atoms with Crippen molar-refractivity contribution < 1.29 is 9.84 Å². The Hall–Kier alpha value is -1.87. The van der Waals surface area contributed by atoms with Gasteiger partial charge in [-0.15, -0.1) is 0 Å². The van der Waals surface area contributed by atoms with Crippen LogP contribution in [0.5, 0.6) is 11.6 Å².